The van der Waals surface area contributed by atoms with Crippen molar-refractivity contribution in [1.29, 1.82) is 0 Å². The van der Waals surface area contributed by atoms with Crippen molar-refractivity contribution in [3.8, 4) is 0 Å². The van der Waals surface area contributed by atoms with Crippen LogP contribution in [-0.4, -0.2) is 23.3 Å². The molecule has 0 aliphatic rings. The van der Waals surface area contributed by atoms with E-state index >= 15 is 0 Å². The van der Waals surface area contributed by atoms with Crippen LogP contribution in [0.4, 0.5) is 5.69 Å². The Balaban J connectivity index is 1.46. The Morgan fingerprint density at radius 3 is 2.73 bits per heavy atom. The Labute approximate surface area is 156 Å². The topological polar surface area (TPSA) is 74.0 Å². The molecule has 2 amide bonds. The van der Waals surface area contributed by atoms with Crippen molar-refractivity contribution in [3.63, 3.8) is 0 Å². The highest BCUT2D eigenvalue weighted by Crippen LogP contribution is 2.20. The Hall–Kier alpha value is -2.79. The monoisotopic (exact) mass is 369 g/mol. The zero-order valence-corrected chi connectivity index (χ0v) is 15.2. The molecule has 6 heteroatoms. The third-order valence-corrected chi connectivity index (χ3v) is 4.58. The molecule has 0 unspecified atom stereocenters. The lowest BCUT2D eigenvalue weighted by Crippen LogP contribution is -2.29. The number of fused-ring (bicyclic) bond motifs is 1. The van der Waals surface area contributed by atoms with Gasteiger partial charge in [0, 0.05) is 34.4 Å². The molecule has 1 heterocycles. The number of carbonyl (C=O) groups is 2. The number of aromatic nitrogens is 1. The molecule has 0 atom stereocenters. The molecule has 0 aliphatic heterocycles. The summed E-state index contributed by atoms with van der Waals surface area (Å²) in [5, 5.41) is 7.19. The zero-order valence-electron chi connectivity index (χ0n) is 14.4. The number of para-hydroxylation sites is 1. The minimum absolute atomic E-state index is 0.223. The molecule has 0 radical (unpaired) electrons. The van der Waals surface area contributed by atoms with Gasteiger partial charge in [-0.3, -0.25) is 9.59 Å². The summed E-state index contributed by atoms with van der Waals surface area (Å²) in [5.74, 6) is -0.671. The predicted octanol–water partition coefficient (Wildman–Crippen LogP) is 3.82. The lowest BCUT2D eigenvalue weighted by molar-refractivity contribution is -0.126. The number of halogens is 1. The van der Waals surface area contributed by atoms with Crippen molar-refractivity contribution >= 4 is 40.0 Å². The molecular formula is C20H20ClN3O2. The first kappa shape index (κ1) is 18.0. The molecule has 1 aromatic heterocycles. The summed E-state index contributed by atoms with van der Waals surface area (Å²) < 4.78 is 0. The van der Waals surface area contributed by atoms with Gasteiger partial charge in [0.2, 0.25) is 11.8 Å². The van der Waals surface area contributed by atoms with E-state index in [4.69, 9.17) is 11.6 Å². The largest absolute Gasteiger partial charge is 0.361 e. The van der Waals surface area contributed by atoms with E-state index in [1.807, 2.05) is 43.5 Å². The Morgan fingerprint density at radius 1 is 1.12 bits per heavy atom. The molecule has 2 aromatic carbocycles. The second kappa shape index (κ2) is 8.06. The van der Waals surface area contributed by atoms with Gasteiger partial charge in [0.15, 0.2) is 0 Å². The number of hydrogen-bond acceptors (Lipinski definition) is 2. The first-order valence-corrected chi connectivity index (χ1v) is 8.78. The first-order chi connectivity index (χ1) is 12.5. The fourth-order valence-electron chi connectivity index (χ4n) is 2.76. The lowest BCUT2D eigenvalue weighted by Gasteiger charge is -2.08. The standard InChI is InChI=1S/C20H20ClN3O2/c1-13-6-7-15(10-17(13)21)24-20(26)11-19(25)22-9-8-14-12-23-18-5-3-2-4-16(14)18/h2-7,10,12,23H,8-9,11H2,1H3,(H,22,25)(H,24,26). The molecule has 0 saturated heterocycles. The Kier molecular flexibility index (Phi) is 5.58. The third-order valence-electron chi connectivity index (χ3n) is 4.17. The highest BCUT2D eigenvalue weighted by molar-refractivity contribution is 6.31. The number of aryl methyl sites for hydroxylation is 1. The molecule has 0 aliphatic carbocycles. The number of hydrogen-bond donors (Lipinski definition) is 3. The van der Waals surface area contributed by atoms with Gasteiger partial charge in [0.1, 0.15) is 6.42 Å². The SMILES string of the molecule is Cc1ccc(NC(=O)CC(=O)NCCc2c[nH]c3ccccc23)cc1Cl. The minimum atomic E-state index is -0.366. The van der Waals surface area contributed by atoms with Crippen molar-refractivity contribution in [2.24, 2.45) is 0 Å². The smallest absolute Gasteiger partial charge is 0.233 e. The van der Waals surface area contributed by atoms with Gasteiger partial charge in [-0.1, -0.05) is 35.9 Å². The molecule has 0 fully saturated rings. The Bertz CT molecular complexity index is 949. The van der Waals surface area contributed by atoms with Gasteiger partial charge in [-0.2, -0.15) is 0 Å². The molecule has 0 spiro atoms. The number of anilines is 1. The summed E-state index contributed by atoms with van der Waals surface area (Å²) in [5.41, 5.74) is 3.72. The van der Waals surface area contributed by atoms with Crippen LogP contribution < -0.4 is 10.6 Å². The number of carbonyl (C=O) groups excluding carboxylic acids is 2. The van der Waals surface area contributed by atoms with Gasteiger partial charge in [0.25, 0.3) is 0 Å². The summed E-state index contributed by atoms with van der Waals surface area (Å²) >= 11 is 6.03. The van der Waals surface area contributed by atoms with Crippen LogP contribution in [0, 0.1) is 6.92 Å². The number of nitrogens with one attached hydrogen (secondary N) is 3. The molecule has 5 nitrogen and oxygen atoms in total. The fraction of sp³-hybridized carbons (Fsp3) is 0.200. The predicted molar refractivity (Wildman–Crippen MR) is 104 cm³/mol. The van der Waals surface area contributed by atoms with Crippen LogP contribution in [0.15, 0.2) is 48.7 Å². The summed E-state index contributed by atoms with van der Waals surface area (Å²) in [6.45, 7) is 2.36. The second-order valence-electron chi connectivity index (χ2n) is 6.15. The number of amides is 2. The van der Waals surface area contributed by atoms with E-state index in [-0.39, 0.29) is 18.2 Å². The molecule has 134 valence electrons. The highest BCUT2D eigenvalue weighted by Gasteiger charge is 2.10. The molecule has 0 bridgehead atoms. The lowest BCUT2D eigenvalue weighted by atomic mass is 10.1. The van der Waals surface area contributed by atoms with Crippen LogP contribution in [0.2, 0.25) is 5.02 Å². The van der Waals surface area contributed by atoms with E-state index in [1.54, 1.807) is 12.1 Å². The maximum absolute atomic E-state index is 12.0. The Morgan fingerprint density at radius 2 is 1.92 bits per heavy atom. The highest BCUT2D eigenvalue weighted by atomic mass is 35.5. The average molecular weight is 370 g/mol. The van der Waals surface area contributed by atoms with Crippen molar-refractivity contribution in [2.45, 2.75) is 19.8 Å². The van der Waals surface area contributed by atoms with E-state index in [0.717, 1.165) is 22.0 Å². The van der Waals surface area contributed by atoms with Crippen LogP contribution in [0.25, 0.3) is 10.9 Å². The van der Waals surface area contributed by atoms with Gasteiger partial charge in [-0.15, -0.1) is 0 Å². The number of H-pyrrole nitrogens is 1. The van der Waals surface area contributed by atoms with Gasteiger partial charge >= 0.3 is 0 Å². The maximum atomic E-state index is 12.0. The van der Waals surface area contributed by atoms with Crippen LogP contribution >= 0.6 is 11.6 Å². The van der Waals surface area contributed by atoms with Crippen molar-refractivity contribution in [3.05, 3.63) is 64.8 Å². The van der Waals surface area contributed by atoms with E-state index < -0.39 is 0 Å². The minimum Gasteiger partial charge on any atom is -0.361 e. The van der Waals surface area contributed by atoms with Crippen LogP contribution in [0.5, 0.6) is 0 Å². The van der Waals surface area contributed by atoms with Crippen LogP contribution in [0.1, 0.15) is 17.5 Å². The molecule has 3 aromatic rings. The van der Waals surface area contributed by atoms with Crippen LogP contribution in [0.3, 0.4) is 0 Å². The first-order valence-electron chi connectivity index (χ1n) is 8.40. The van der Waals surface area contributed by atoms with Crippen molar-refractivity contribution in [2.75, 3.05) is 11.9 Å². The summed E-state index contributed by atoms with van der Waals surface area (Å²) in [7, 11) is 0. The quantitative estimate of drug-likeness (QED) is 0.578. The second-order valence-corrected chi connectivity index (χ2v) is 6.56. The number of rotatable bonds is 6. The summed E-state index contributed by atoms with van der Waals surface area (Å²) in [6, 6.07) is 13.3. The maximum Gasteiger partial charge on any atom is 0.233 e. The number of aromatic amines is 1. The van der Waals surface area contributed by atoms with Gasteiger partial charge < -0.3 is 15.6 Å². The molecule has 3 N–H and O–H groups in total. The van der Waals surface area contributed by atoms with Crippen molar-refractivity contribution in [1.82, 2.24) is 10.3 Å². The van der Waals surface area contributed by atoms with E-state index in [0.29, 0.717) is 23.7 Å². The third kappa shape index (κ3) is 4.43. The molecule has 3 rings (SSSR count). The van der Waals surface area contributed by atoms with E-state index in [1.165, 1.54) is 0 Å². The van der Waals surface area contributed by atoms with Crippen molar-refractivity contribution < 1.29 is 9.59 Å². The normalized spacial score (nSPS) is 10.7. The van der Waals surface area contributed by atoms with E-state index in [9.17, 15) is 9.59 Å². The van der Waals surface area contributed by atoms with Crippen LogP contribution in [-0.2, 0) is 16.0 Å². The number of benzene rings is 2. The molecule has 26 heavy (non-hydrogen) atoms. The fourth-order valence-corrected chi connectivity index (χ4v) is 2.94. The average Bonchev–Trinajstić information content (AvgIpc) is 3.01. The van der Waals surface area contributed by atoms with Gasteiger partial charge in [-0.25, -0.2) is 0 Å². The molecular weight excluding hydrogens is 350 g/mol. The zero-order chi connectivity index (χ0) is 18.5. The summed E-state index contributed by atoms with van der Waals surface area (Å²) in [4.78, 5) is 27.1. The molecule has 0 saturated carbocycles. The van der Waals surface area contributed by atoms with Gasteiger partial charge in [-0.05, 0) is 42.7 Å². The van der Waals surface area contributed by atoms with E-state index in [2.05, 4.69) is 15.6 Å². The van der Waals surface area contributed by atoms with Gasteiger partial charge in [0.05, 0.1) is 0 Å². The summed E-state index contributed by atoms with van der Waals surface area (Å²) in [6.07, 6.45) is 2.43.